The Bertz CT molecular complexity index is 1370. The highest BCUT2D eigenvalue weighted by Gasteiger charge is 2.25. The molecule has 0 saturated heterocycles. The molecule has 0 aliphatic carbocycles. The lowest BCUT2D eigenvalue weighted by Gasteiger charge is -2.07. The fourth-order valence-corrected chi connectivity index (χ4v) is 5.36. The van der Waals surface area contributed by atoms with E-state index in [0.717, 1.165) is 9.54 Å². The molecule has 0 bridgehead atoms. The molecule has 11 heteroatoms. The van der Waals surface area contributed by atoms with Crippen molar-refractivity contribution in [3.63, 3.8) is 0 Å². The third-order valence-electron chi connectivity index (χ3n) is 4.38. The van der Waals surface area contributed by atoms with Gasteiger partial charge >= 0.3 is 0 Å². The van der Waals surface area contributed by atoms with E-state index in [1.165, 1.54) is 37.0 Å². The molecule has 3 aromatic heterocycles. The lowest BCUT2D eigenvalue weighted by Crippen LogP contribution is -2.12. The van der Waals surface area contributed by atoms with Crippen LogP contribution < -0.4 is 0 Å². The van der Waals surface area contributed by atoms with E-state index in [2.05, 4.69) is 15.0 Å². The Kier molecular flexibility index (Phi) is 5.50. The third kappa shape index (κ3) is 3.67. The minimum atomic E-state index is -3.95. The predicted octanol–water partition coefficient (Wildman–Crippen LogP) is 4.08. The Morgan fingerprint density at radius 2 is 1.80 bits per heavy atom. The molecule has 30 heavy (non-hydrogen) atoms. The maximum Gasteiger partial charge on any atom is 0.269 e. The summed E-state index contributed by atoms with van der Waals surface area (Å²) in [5, 5.41) is 1.07. The summed E-state index contributed by atoms with van der Waals surface area (Å²) in [4.78, 5) is 12.8. The fraction of sp³-hybridized carbons (Fsp3) is 0.105. The molecule has 1 unspecified atom stereocenters. The monoisotopic (exact) mass is 480 g/mol. The second-order valence-electron chi connectivity index (χ2n) is 6.48. The van der Waals surface area contributed by atoms with Crippen molar-refractivity contribution in [3.05, 3.63) is 64.5 Å². The number of pyridine rings is 1. The fourth-order valence-electron chi connectivity index (χ4n) is 2.92. The lowest BCUT2D eigenvalue weighted by atomic mass is 10.2. The summed E-state index contributed by atoms with van der Waals surface area (Å²) in [7, 11) is -3.95. The number of hydrogen-bond donors (Lipinski definition) is 0. The van der Waals surface area contributed by atoms with Gasteiger partial charge in [-0.3, -0.25) is 0 Å². The average Bonchev–Trinajstić information content (AvgIpc) is 3.08. The molecular formula is C19H14Cl2N4O3S2. The van der Waals surface area contributed by atoms with Crippen LogP contribution in [-0.4, -0.2) is 38.2 Å². The summed E-state index contributed by atoms with van der Waals surface area (Å²) in [6.45, 7) is 1.87. The second-order valence-corrected chi connectivity index (χ2v) is 10.4. The van der Waals surface area contributed by atoms with Crippen molar-refractivity contribution >= 4 is 55.4 Å². The van der Waals surface area contributed by atoms with E-state index in [1.807, 2.05) is 6.92 Å². The zero-order valence-corrected chi connectivity index (χ0v) is 18.8. The van der Waals surface area contributed by atoms with Gasteiger partial charge in [-0.1, -0.05) is 40.9 Å². The first kappa shape index (κ1) is 21.1. The van der Waals surface area contributed by atoms with Crippen LogP contribution in [0.4, 0.5) is 0 Å². The molecule has 0 saturated carbocycles. The number of aryl methyl sites for hydroxylation is 1. The van der Waals surface area contributed by atoms with E-state index >= 15 is 0 Å². The number of aromatic nitrogens is 4. The first-order valence-electron chi connectivity index (χ1n) is 8.53. The van der Waals surface area contributed by atoms with Crippen molar-refractivity contribution in [3.8, 4) is 11.4 Å². The molecule has 154 valence electrons. The second kappa shape index (κ2) is 7.82. The Labute approximate surface area is 185 Å². The minimum absolute atomic E-state index is 0.112. The summed E-state index contributed by atoms with van der Waals surface area (Å²) in [5.41, 5.74) is 1.48. The van der Waals surface area contributed by atoms with Gasteiger partial charge in [0.05, 0.1) is 16.1 Å². The lowest BCUT2D eigenvalue weighted by molar-refractivity contribution is 0.588. The van der Waals surface area contributed by atoms with Gasteiger partial charge in [-0.05, 0) is 25.1 Å². The van der Waals surface area contributed by atoms with Gasteiger partial charge in [0.15, 0.2) is 11.5 Å². The van der Waals surface area contributed by atoms with Crippen molar-refractivity contribution < 1.29 is 13.0 Å². The normalized spacial score (nSPS) is 13.0. The van der Waals surface area contributed by atoms with Crippen LogP contribution in [0.25, 0.3) is 22.4 Å². The van der Waals surface area contributed by atoms with Gasteiger partial charge in [-0.2, -0.15) is 4.98 Å². The molecule has 0 aliphatic heterocycles. The Morgan fingerprint density at radius 1 is 1.10 bits per heavy atom. The summed E-state index contributed by atoms with van der Waals surface area (Å²) >= 11 is 10.7. The molecule has 0 radical (unpaired) electrons. The van der Waals surface area contributed by atoms with Gasteiger partial charge in [0.1, 0.15) is 11.3 Å². The Morgan fingerprint density at radius 3 is 2.47 bits per heavy atom. The van der Waals surface area contributed by atoms with Gasteiger partial charge in [0, 0.05) is 34.5 Å². The van der Waals surface area contributed by atoms with Crippen LogP contribution in [0.3, 0.4) is 0 Å². The number of nitrogens with zero attached hydrogens (tertiary/aromatic N) is 4. The maximum atomic E-state index is 13.3. The molecule has 1 atom stereocenters. The van der Waals surface area contributed by atoms with Crippen LogP contribution in [0, 0.1) is 6.92 Å². The average molecular weight is 481 g/mol. The van der Waals surface area contributed by atoms with Crippen molar-refractivity contribution in [2.75, 3.05) is 6.26 Å². The van der Waals surface area contributed by atoms with Gasteiger partial charge < -0.3 is 4.55 Å². The van der Waals surface area contributed by atoms with Gasteiger partial charge in [-0.25, -0.2) is 22.4 Å². The molecule has 7 nitrogen and oxygen atoms in total. The molecule has 4 rings (SSSR count). The van der Waals surface area contributed by atoms with E-state index in [4.69, 9.17) is 23.2 Å². The number of benzene rings is 1. The number of hydrogen-bond acceptors (Lipinski definition) is 6. The molecular weight excluding hydrogens is 467 g/mol. The largest absolute Gasteiger partial charge is 0.610 e. The van der Waals surface area contributed by atoms with E-state index in [1.54, 1.807) is 18.2 Å². The van der Waals surface area contributed by atoms with Crippen molar-refractivity contribution in [1.29, 1.82) is 0 Å². The zero-order valence-electron chi connectivity index (χ0n) is 15.7. The van der Waals surface area contributed by atoms with Crippen LogP contribution in [-0.2, 0) is 21.2 Å². The van der Waals surface area contributed by atoms with Crippen LogP contribution in [0.2, 0.25) is 10.0 Å². The molecule has 3 heterocycles. The van der Waals surface area contributed by atoms with Crippen molar-refractivity contribution in [1.82, 2.24) is 18.9 Å². The molecule has 0 spiro atoms. The highest BCUT2D eigenvalue weighted by Crippen LogP contribution is 2.33. The molecule has 1 aromatic carbocycles. The van der Waals surface area contributed by atoms with Crippen LogP contribution in [0.5, 0.6) is 0 Å². The van der Waals surface area contributed by atoms with Crippen molar-refractivity contribution in [2.24, 2.45) is 0 Å². The summed E-state index contributed by atoms with van der Waals surface area (Å²) < 4.78 is 39.6. The van der Waals surface area contributed by atoms with Crippen molar-refractivity contribution in [2.45, 2.75) is 16.8 Å². The van der Waals surface area contributed by atoms with E-state index in [9.17, 15) is 13.0 Å². The third-order valence-corrected chi connectivity index (χ3v) is 7.50. The molecule has 0 N–H and O–H groups in total. The van der Waals surface area contributed by atoms with E-state index in [-0.39, 0.29) is 26.4 Å². The standard InChI is InChI=1S/C19H14Cl2N4O3S2/c1-11-3-5-13(6-4-11)30(27,28)25-10-15(14-7-12(20)8-23-18(14)25)17-22-9-16(21)19(24-17)29(2)26/h3-10H,1-2H3. The highest BCUT2D eigenvalue weighted by atomic mass is 35.5. The van der Waals surface area contributed by atoms with E-state index in [0.29, 0.717) is 16.0 Å². The quantitative estimate of drug-likeness (QED) is 0.322. The Balaban J connectivity index is 1.99. The zero-order chi connectivity index (χ0) is 21.6. The van der Waals surface area contributed by atoms with Gasteiger partial charge in [-0.15, -0.1) is 0 Å². The first-order chi connectivity index (χ1) is 14.2. The molecule has 0 amide bonds. The van der Waals surface area contributed by atoms with Gasteiger partial charge in [0.2, 0.25) is 0 Å². The molecule has 0 fully saturated rings. The topological polar surface area (TPSA) is 101 Å². The van der Waals surface area contributed by atoms with Gasteiger partial charge in [0.25, 0.3) is 15.0 Å². The Hall–Kier alpha value is -2.17. The predicted molar refractivity (Wildman–Crippen MR) is 117 cm³/mol. The summed E-state index contributed by atoms with van der Waals surface area (Å²) in [6, 6.07) is 8.08. The van der Waals surface area contributed by atoms with Crippen LogP contribution in [0.15, 0.2) is 58.8 Å². The molecule has 4 aromatic rings. The smallest absolute Gasteiger partial charge is 0.269 e. The minimum Gasteiger partial charge on any atom is -0.610 e. The number of halogens is 2. The SMILES string of the molecule is Cc1ccc(S(=O)(=O)n2cc(-c3ncc(Cl)c([S+](C)[O-])n3)c3cc(Cl)cnc32)cc1. The van der Waals surface area contributed by atoms with Crippen LogP contribution in [0.1, 0.15) is 5.56 Å². The van der Waals surface area contributed by atoms with E-state index < -0.39 is 21.2 Å². The summed E-state index contributed by atoms with van der Waals surface area (Å²) in [5.74, 6) is 0.163. The first-order valence-corrected chi connectivity index (χ1v) is 12.3. The number of rotatable bonds is 4. The molecule has 0 aliphatic rings. The summed E-state index contributed by atoms with van der Waals surface area (Å²) in [6.07, 6.45) is 5.52. The number of fused-ring (bicyclic) bond motifs is 1. The maximum absolute atomic E-state index is 13.3. The van der Waals surface area contributed by atoms with Crippen LogP contribution >= 0.6 is 23.2 Å². The highest BCUT2D eigenvalue weighted by molar-refractivity contribution is 7.90.